The van der Waals surface area contributed by atoms with E-state index in [0.29, 0.717) is 5.56 Å². The maximum Gasteiger partial charge on any atom is 0.246 e. The second-order valence-corrected chi connectivity index (χ2v) is 7.70. The summed E-state index contributed by atoms with van der Waals surface area (Å²) in [6.45, 7) is 1.69. The molecule has 0 aromatic heterocycles. The van der Waals surface area contributed by atoms with Crippen molar-refractivity contribution < 1.29 is 17.9 Å². The summed E-state index contributed by atoms with van der Waals surface area (Å²) >= 11 is 0. The molecule has 0 unspecified atom stereocenters. The molecule has 5 nitrogen and oxygen atoms in total. The van der Waals surface area contributed by atoms with Gasteiger partial charge in [0.15, 0.2) is 0 Å². The highest BCUT2D eigenvalue weighted by Gasteiger charge is 2.55. The number of aliphatic hydroxyl groups is 1. The molecule has 2 aliphatic rings. The lowest BCUT2D eigenvalue weighted by molar-refractivity contribution is -0.0765. The number of β-amino-alcohol motifs (C(OH)–C–C–N with tert-alkyl or cyclic N) is 1. The number of hydrogen-bond acceptors (Lipinski definition) is 4. The fourth-order valence-electron chi connectivity index (χ4n) is 2.62. The molecule has 3 N–H and O–H groups in total. The molecule has 2 fully saturated rings. The zero-order chi connectivity index (χ0) is 14.7. The number of nitrogen functional groups attached to an aromatic ring is 1. The Morgan fingerprint density at radius 1 is 1.40 bits per heavy atom. The fourth-order valence-corrected chi connectivity index (χ4v) is 4.27. The van der Waals surface area contributed by atoms with Gasteiger partial charge in [-0.2, -0.15) is 4.31 Å². The van der Waals surface area contributed by atoms with Crippen molar-refractivity contribution in [1.82, 2.24) is 4.31 Å². The maximum atomic E-state index is 13.9. The smallest absolute Gasteiger partial charge is 0.246 e. The monoisotopic (exact) mass is 300 g/mol. The number of rotatable bonds is 3. The first-order valence-corrected chi connectivity index (χ1v) is 7.96. The summed E-state index contributed by atoms with van der Waals surface area (Å²) in [5.41, 5.74) is 5.47. The van der Waals surface area contributed by atoms with E-state index in [1.165, 1.54) is 0 Å². The molecule has 0 bridgehead atoms. The summed E-state index contributed by atoms with van der Waals surface area (Å²) in [4.78, 5) is -0.418. The van der Waals surface area contributed by atoms with Gasteiger partial charge in [0.25, 0.3) is 0 Å². The first kappa shape index (κ1) is 13.8. The largest absolute Gasteiger partial charge is 0.398 e. The molecule has 0 atom stereocenters. The van der Waals surface area contributed by atoms with Gasteiger partial charge in [-0.3, -0.25) is 0 Å². The van der Waals surface area contributed by atoms with E-state index >= 15 is 0 Å². The van der Waals surface area contributed by atoms with Crippen LogP contribution in [0.3, 0.4) is 0 Å². The van der Waals surface area contributed by atoms with Crippen LogP contribution in [0.25, 0.3) is 0 Å². The number of nitrogens with two attached hydrogens (primary N) is 1. The summed E-state index contributed by atoms with van der Waals surface area (Å²) < 4.78 is 39.7. The summed E-state index contributed by atoms with van der Waals surface area (Å²) in [5, 5.41) is 10.2. The minimum absolute atomic E-state index is 0.0349. The number of nitrogens with zero attached hydrogens (tertiary/aromatic N) is 1. The lowest BCUT2D eigenvalue weighted by atomic mass is 9.91. The molecule has 1 aliphatic heterocycles. The van der Waals surface area contributed by atoms with E-state index < -0.39 is 26.3 Å². The van der Waals surface area contributed by atoms with Crippen molar-refractivity contribution >= 4 is 15.7 Å². The molecular weight excluding hydrogens is 283 g/mol. The van der Waals surface area contributed by atoms with Crippen LogP contribution in [0.15, 0.2) is 17.0 Å². The standard InChI is InChI=1S/C13H17FN2O3S/c1-8-4-10(14)12(5-11(8)15)20(18,19)16-6-13(17,7-16)9-2-3-9/h4-5,9,17H,2-3,6-7,15H2,1H3. The van der Waals surface area contributed by atoms with E-state index in [1.54, 1.807) is 6.92 Å². The molecule has 0 spiro atoms. The second-order valence-electron chi connectivity index (χ2n) is 5.79. The number of halogens is 1. The van der Waals surface area contributed by atoms with E-state index in [2.05, 4.69) is 0 Å². The van der Waals surface area contributed by atoms with Crippen LogP contribution in [0.2, 0.25) is 0 Å². The van der Waals surface area contributed by atoms with Gasteiger partial charge in [-0.15, -0.1) is 0 Å². The number of hydrogen-bond donors (Lipinski definition) is 2. The van der Waals surface area contributed by atoms with Gasteiger partial charge in [0.05, 0.1) is 5.60 Å². The summed E-state index contributed by atoms with van der Waals surface area (Å²) in [6, 6.07) is 2.27. The van der Waals surface area contributed by atoms with Crippen molar-refractivity contribution in [1.29, 1.82) is 0 Å². The topological polar surface area (TPSA) is 83.6 Å². The van der Waals surface area contributed by atoms with Gasteiger partial charge in [-0.25, -0.2) is 12.8 Å². The maximum absolute atomic E-state index is 13.9. The van der Waals surface area contributed by atoms with Crippen LogP contribution in [0.1, 0.15) is 18.4 Å². The highest BCUT2D eigenvalue weighted by Crippen LogP contribution is 2.46. The molecule has 110 valence electrons. The van der Waals surface area contributed by atoms with Gasteiger partial charge in [0.2, 0.25) is 10.0 Å². The summed E-state index contributed by atoms with van der Waals surface area (Å²) in [6.07, 6.45) is 1.85. The Morgan fingerprint density at radius 2 is 2.00 bits per heavy atom. The average molecular weight is 300 g/mol. The van der Waals surface area contributed by atoms with Gasteiger partial charge in [0.1, 0.15) is 10.7 Å². The van der Waals surface area contributed by atoms with Crippen LogP contribution in [0, 0.1) is 18.7 Å². The number of aryl methyl sites for hydroxylation is 1. The molecule has 1 saturated heterocycles. The molecule has 1 heterocycles. The Morgan fingerprint density at radius 3 is 2.55 bits per heavy atom. The minimum atomic E-state index is -3.93. The molecule has 1 aliphatic carbocycles. The van der Waals surface area contributed by atoms with Crippen molar-refractivity contribution in [3.63, 3.8) is 0 Å². The summed E-state index contributed by atoms with van der Waals surface area (Å²) in [7, 11) is -3.93. The highest BCUT2D eigenvalue weighted by molar-refractivity contribution is 7.89. The SMILES string of the molecule is Cc1cc(F)c(S(=O)(=O)N2CC(O)(C3CC3)C2)cc1N. The highest BCUT2D eigenvalue weighted by atomic mass is 32.2. The Labute approximate surface area is 117 Å². The van der Waals surface area contributed by atoms with Crippen molar-refractivity contribution in [2.24, 2.45) is 5.92 Å². The second kappa shape index (κ2) is 4.16. The molecule has 20 heavy (non-hydrogen) atoms. The molecular formula is C13H17FN2O3S. The molecule has 0 amide bonds. The van der Waals surface area contributed by atoms with E-state index in [4.69, 9.17) is 5.73 Å². The van der Waals surface area contributed by atoms with Gasteiger partial charge < -0.3 is 10.8 Å². The van der Waals surface area contributed by atoms with Crippen LogP contribution in [0.5, 0.6) is 0 Å². The van der Waals surface area contributed by atoms with Gasteiger partial charge in [-0.05, 0) is 43.4 Å². The van der Waals surface area contributed by atoms with Crippen LogP contribution in [-0.2, 0) is 10.0 Å². The van der Waals surface area contributed by atoms with E-state index in [-0.39, 0.29) is 24.7 Å². The van der Waals surface area contributed by atoms with Crippen molar-refractivity contribution in [2.45, 2.75) is 30.3 Å². The van der Waals surface area contributed by atoms with Crippen molar-refractivity contribution in [3.8, 4) is 0 Å². The third-order valence-electron chi connectivity index (χ3n) is 4.18. The predicted octanol–water partition coefficient (Wildman–Crippen LogP) is 0.862. The van der Waals surface area contributed by atoms with E-state index in [0.717, 1.165) is 29.3 Å². The van der Waals surface area contributed by atoms with Gasteiger partial charge in [-0.1, -0.05) is 0 Å². The Balaban J connectivity index is 1.88. The number of benzene rings is 1. The van der Waals surface area contributed by atoms with Crippen LogP contribution < -0.4 is 5.73 Å². The Bertz CT molecular complexity index is 664. The van der Waals surface area contributed by atoms with Gasteiger partial charge >= 0.3 is 0 Å². The predicted molar refractivity (Wildman–Crippen MR) is 72.0 cm³/mol. The lowest BCUT2D eigenvalue weighted by Gasteiger charge is -2.45. The van der Waals surface area contributed by atoms with Crippen LogP contribution in [0.4, 0.5) is 10.1 Å². The number of anilines is 1. The third kappa shape index (κ3) is 2.01. The average Bonchev–Trinajstić information content (AvgIpc) is 3.13. The van der Waals surface area contributed by atoms with Gasteiger partial charge in [0, 0.05) is 18.8 Å². The van der Waals surface area contributed by atoms with Crippen molar-refractivity contribution in [2.75, 3.05) is 18.8 Å². The zero-order valence-electron chi connectivity index (χ0n) is 11.1. The lowest BCUT2D eigenvalue weighted by Crippen LogP contribution is -2.64. The Hall–Kier alpha value is -1.18. The normalized spacial score (nSPS) is 22.6. The molecule has 0 radical (unpaired) electrons. The quantitative estimate of drug-likeness (QED) is 0.811. The molecule has 7 heteroatoms. The van der Waals surface area contributed by atoms with E-state index in [9.17, 15) is 17.9 Å². The Kier molecular flexibility index (Phi) is 2.87. The summed E-state index contributed by atoms with van der Waals surface area (Å²) in [5.74, 6) is -0.625. The first-order valence-electron chi connectivity index (χ1n) is 6.52. The van der Waals surface area contributed by atoms with Crippen LogP contribution in [-0.4, -0.2) is 36.5 Å². The molecule has 1 aromatic carbocycles. The van der Waals surface area contributed by atoms with Crippen molar-refractivity contribution in [3.05, 3.63) is 23.5 Å². The first-order chi connectivity index (χ1) is 9.24. The zero-order valence-corrected chi connectivity index (χ0v) is 12.0. The molecule has 1 aromatic rings. The third-order valence-corrected chi connectivity index (χ3v) is 5.98. The van der Waals surface area contributed by atoms with Crippen LogP contribution >= 0.6 is 0 Å². The minimum Gasteiger partial charge on any atom is -0.398 e. The van der Waals surface area contributed by atoms with E-state index in [1.807, 2.05) is 0 Å². The fraction of sp³-hybridized carbons (Fsp3) is 0.538. The number of sulfonamides is 1. The molecule has 3 rings (SSSR count). The molecule has 1 saturated carbocycles.